The number of aromatic nitrogens is 3. The maximum atomic E-state index is 12.8. The second kappa shape index (κ2) is 7.51. The number of alkyl halides is 3. The van der Waals surface area contributed by atoms with Gasteiger partial charge in [-0.05, 0) is 43.3 Å². The van der Waals surface area contributed by atoms with Crippen molar-refractivity contribution in [1.82, 2.24) is 15.0 Å². The minimum Gasteiger partial charge on any atom is -0.494 e. The van der Waals surface area contributed by atoms with Gasteiger partial charge in [-0.1, -0.05) is 22.9 Å². The van der Waals surface area contributed by atoms with Crippen molar-refractivity contribution in [2.24, 2.45) is 0 Å². The molecule has 0 spiro atoms. The number of amides is 1. The van der Waals surface area contributed by atoms with Crippen LogP contribution in [0.4, 0.5) is 18.9 Å². The molecule has 146 valence electrons. The Kier molecular flexibility index (Phi) is 5.28. The van der Waals surface area contributed by atoms with Crippen LogP contribution in [0.25, 0.3) is 5.69 Å². The van der Waals surface area contributed by atoms with Gasteiger partial charge in [0.2, 0.25) is 0 Å². The van der Waals surface area contributed by atoms with Crippen molar-refractivity contribution in [1.29, 1.82) is 0 Å². The van der Waals surface area contributed by atoms with Gasteiger partial charge in [-0.2, -0.15) is 13.2 Å². The van der Waals surface area contributed by atoms with Gasteiger partial charge in [0.15, 0.2) is 5.69 Å². The summed E-state index contributed by atoms with van der Waals surface area (Å²) in [5.74, 6) is -0.230. The second-order valence-corrected chi connectivity index (χ2v) is 6.22. The lowest BCUT2D eigenvalue weighted by atomic mass is 10.2. The van der Waals surface area contributed by atoms with Crippen LogP contribution in [0.2, 0.25) is 5.02 Å². The standard InChI is InChI=1S/C18H14ClF3N4O2/c1-10-16(17(27)23-13-5-3-4-11(8-13)18(20,21)22)24-25-26(10)14-9-12(19)6-7-15(14)28-2/h3-9H,1-2H3,(H,23,27). The number of methoxy groups -OCH3 is 1. The summed E-state index contributed by atoms with van der Waals surface area (Å²) in [5, 5.41) is 10.6. The van der Waals surface area contributed by atoms with E-state index < -0.39 is 17.6 Å². The van der Waals surface area contributed by atoms with Gasteiger partial charge in [0.1, 0.15) is 11.4 Å². The maximum Gasteiger partial charge on any atom is 0.416 e. The highest BCUT2D eigenvalue weighted by atomic mass is 35.5. The highest BCUT2D eigenvalue weighted by molar-refractivity contribution is 6.30. The van der Waals surface area contributed by atoms with E-state index in [1.54, 1.807) is 25.1 Å². The molecular weight excluding hydrogens is 397 g/mol. The van der Waals surface area contributed by atoms with Crippen LogP contribution in [0.1, 0.15) is 21.7 Å². The lowest BCUT2D eigenvalue weighted by Gasteiger charge is -2.10. The first kappa shape index (κ1) is 19.7. The number of anilines is 1. The van der Waals surface area contributed by atoms with Gasteiger partial charge in [-0.25, -0.2) is 4.68 Å². The summed E-state index contributed by atoms with van der Waals surface area (Å²) in [4.78, 5) is 12.5. The molecule has 1 amide bonds. The van der Waals surface area contributed by atoms with E-state index in [2.05, 4.69) is 15.6 Å². The number of carbonyl (C=O) groups excluding carboxylic acids is 1. The summed E-state index contributed by atoms with van der Waals surface area (Å²) in [6.45, 7) is 1.60. The normalized spacial score (nSPS) is 11.4. The van der Waals surface area contributed by atoms with Crippen molar-refractivity contribution in [3.8, 4) is 11.4 Å². The number of ether oxygens (including phenoxy) is 1. The van der Waals surface area contributed by atoms with E-state index in [4.69, 9.17) is 16.3 Å². The molecule has 0 saturated carbocycles. The van der Waals surface area contributed by atoms with Crippen molar-refractivity contribution >= 4 is 23.2 Å². The molecule has 6 nitrogen and oxygen atoms in total. The first-order valence-electron chi connectivity index (χ1n) is 7.95. The van der Waals surface area contributed by atoms with Gasteiger partial charge in [0, 0.05) is 10.7 Å². The van der Waals surface area contributed by atoms with Crippen molar-refractivity contribution in [2.75, 3.05) is 12.4 Å². The van der Waals surface area contributed by atoms with Crippen LogP contribution in [-0.4, -0.2) is 28.0 Å². The molecule has 28 heavy (non-hydrogen) atoms. The monoisotopic (exact) mass is 410 g/mol. The number of carbonyl (C=O) groups is 1. The molecule has 1 N–H and O–H groups in total. The van der Waals surface area contributed by atoms with E-state index in [0.717, 1.165) is 12.1 Å². The quantitative estimate of drug-likeness (QED) is 0.687. The predicted octanol–water partition coefficient (Wildman–Crippen LogP) is 4.51. The molecule has 3 aromatic rings. The Morgan fingerprint density at radius 3 is 2.64 bits per heavy atom. The molecule has 1 heterocycles. The maximum absolute atomic E-state index is 12.8. The summed E-state index contributed by atoms with van der Waals surface area (Å²) in [6.07, 6.45) is -4.51. The number of nitrogens with zero attached hydrogens (tertiary/aromatic N) is 3. The van der Waals surface area contributed by atoms with Crippen molar-refractivity contribution < 1.29 is 22.7 Å². The van der Waals surface area contributed by atoms with Crippen LogP contribution >= 0.6 is 11.6 Å². The highest BCUT2D eigenvalue weighted by Crippen LogP contribution is 2.31. The summed E-state index contributed by atoms with van der Waals surface area (Å²) >= 11 is 6.02. The number of hydrogen-bond donors (Lipinski definition) is 1. The van der Waals surface area contributed by atoms with Gasteiger partial charge in [0.25, 0.3) is 5.91 Å². The third kappa shape index (κ3) is 3.94. The van der Waals surface area contributed by atoms with E-state index in [-0.39, 0.29) is 11.4 Å². The van der Waals surface area contributed by atoms with E-state index in [1.165, 1.54) is 23.9 Å². The average molecular weight is 411 g/mol. The van der Waals surface area contributed by atoms with Crippen molar-refractivity contribution in [2.45, 2.75) is 13.1 Å². The van der Waals surface area contributed by atoms with E-state index in [0.29, 0.717) is 22.2 Å². The topological polar surface area (TPSA) is 69.0 Å². The van der Waals surface area contributed by atoms with Crippen LogP contribution < -0.4 is 10.1 Å². The van der Waals surface area contributed by atoms with Gasteiger partial charge >= 0.3 is 6.18 Å². The van der Waals surface area contributed by atoms with E-state index >= 15 is 0 Å². The first-order chi connectivity index (χ1) is 13.2. The van der Waals surface area contributed by atoms with Crippen molar-refractivity contribution in [3.63, 3.8) is 0 Å². The number of rotatable bonds is 4. The molecule has 0 saturated heterocycles. The molecule has 0 radical (unpaired) electrons. The van der Waals surface area contributed by atoms with Crippen LogP contribution in [-0.2, 0) is 6.18 Å². The number of nitrogens with one attached hydrogen (secondary N) is 1. The Morgan fingerprint density at radius 2 is 1.96 bits per heavy atom. The molecule has 0 unspecified atom stereocenters. The molecule has 0 bridgehead atoms. The molecule has 0 aliphatic rings. The van der Waals surface area contributed by atoms with Crippen LogP contribution in [0.15, 0.2) is 42.5 Å². The van der Waals surface area contributed by atoms with Crippen LogP contribution in [0.3, 0.4) is 0 Å². The summed E-state index contributed by atoms with van der Waals surface area (Å²) in [6, 6.07) is 9.20. The molecule has 3 rings (SSSR count). The number of hydrogen-bond acceptors (Lipinski definition) is 4. The highest BCUT2D eigenvalue weighted by Gasteiger charge is 2.30. The lowest BCUT2D eigenvalue weighted by molar-refractivity contribution is -0.137. The molecule has 2 aromatic carbocycles. The van der Waals surface area contributed by atoms with Gasteiger partial charge in [-0.15, -0.1) is 5.10 Å². The minimum atomic E-state index is -4.51. The first-order valence-corrected chi connectivity index (χ1v) is 8.33. The van der Waals surface area contributed by atoms with Gasteiger partial charge in [0.05, 0.1) is 18.4 Å². The Labute approximate surface area is 162 Å². The van der Waals surface area contributed by atoms with E-state index in [9.17, 15) is 18.0 Å². The SMILES string of the molecule is COc1ccc(Cl)cc1-n1nnc(C(=O)Nc2cccc(C(F)(F)F)c2)c1C. The second-order valence-electron chi connectivity index (χ2n) is 5.78. The molecular formula is C18H14ClF3N4O2. The lowest BCUT2D eigenvalue weighted by Crippen LogP contribution is -2.15. The number of benzene rings is 2. The number of halogens is 4. The van der Waals surface area contributed by atoms with Crippen molar-refractivity contribution in [3.05, 3.63) is 64.4 Å². The Bertz CT molecular complexity index is 1030. The zero-order valence-corrected chi connectivity index (χ0v) is 15.5. The van der Waals surface area contributed by atoms with Gasteiger partial charge < -0.3 is 10.1 Å². The fourth-order valence-corrected chi connectivity index (χ4v) is 2.73. The smallest absolute Gasteiger partial charge is 0.416 e. The zero-order valence-electron chi connectivity index (χ0n) is 14.7. The Morgan fingerprint density at radius 1 is 1.21 bits per heavy atom. The van der Waals surface area contributed by atoms with Crippen LogP contribution in [0.5, 0.6) is 5.75 Å². The summed E-state index contributed by atoms with van der Waals surface area (Å²) < 4.78 is 45.1. The largest absolute Gasteiger partial charge is 0.494 e. The fraction of sp³-hybridized carbons (Fsp3) is 0.167. The van der Waals surface area contributed by atoms with Gasteiger partial charge in [-0.3, -0.25) is 4.79 Å². The van der Waals surface area contributed by atoms with Crippen LogP contribution in [0, 0.1) is 6.92 Å². The molecule has 0 aliphatic heterocycles. The third-order valence-electron chi connectivity index (χ3n) is 3.93. The summed E-state index contributed by atoms with van der Waals surface area (Å²) in [7, 11) is 1.47. The average Bonchev–Trinajstić information content (AvgIpc) is 3.02. The molecule has 0 atom stereocenters. The third-order valence-corrected chi connectivity index (χ3v) is 4.16. The fourth-order valence-electron chi connectivity index (χ4n) is 2.56. The Hall–Kier alpha value is -3.07. The molecule has 10 heteroatoms. The Balaban J connectivity index is 1.91. The van der Waals surface area contributed by atoms with E-state index in [1.807, 2.05) is 0 Å². The zero-order chi connectivity index (χ0) is 20.5. The minimum absolute atomic E-state index is 0.00545. The molecule has 1 aromatic heterocycles. The molecule has 0 aliphatic carbocycles. The molecule has 0 fully saturated rings. The predicted molar refractivity (Wildman–Crippen MR) is 97.1 cm³/mol. The summed E-state index contributed by atoms with van der Waals surface area (Å²) in [5.41, 5.74) is -0.0777.